The Morgan fingerprint density at radius 3 is 2.44 bits per heavy atom. The molecule has 5 atom stereocenters. The van der Waals surface area contributed by atoms with Crippen molar-refractivity contribution in [3.8, 4) is 5.75 Å². The van der Waals surface area contributed by atoms with Gasteiger partial charge in [0.2, 0.25) is 11.8 Å². The molecule has 288 valence electrons. The Kier molecular flexibility index (Phi) is 11.3. The van der Waals surface area contributed by atoms with E-state index in [0.29, 0.717) is 12.2 Å². The molecular weight excluding hydrogens is 709 g/mol. The number of nitrogens with zero attached hydrogens (tertiary/aromatic N) is 2. The molecule has 3 heterocycles. The third kappa shape index (κ3) is 7.46. The second-order valence-electron chi connectivity index (χ2n) is 15.6. The Bertz CT molecular complexity index is 2000. The number of benzene rings is 4. The minimum atomic E-state index is -2.49. The maximum Gasteiger partial charge on any atom is 0.264 e. The average Bonchev–Trinajstić information content (AvgIpc) is 3.90. The summed E-state index contributed by atoms with van der Waals surface area (Å²) in [6, 6.07) is 33.3. The third-order valence-electron chi connectivity index (χ3n) is 12.0. The van der Waals surface area contributed by atoms with Crippen molar-refractivity contribution in [2.24, 2.45) is 5.92 Å². The number of hydrogen-bond donors (Lipinski definition) is 3. The van der Waals surface area contributed by atoms with E-state index in [2.05, 4.69) is 42.8 Å². The first kappa shape index (κ1) is 38.5. The summed E-state index contributed by atoms with van der Waals surface area (Å²) in [5, 5.41) is 17.5. The van der Waals surface area contributed by atoms with Crippen LogP contribution in [0.15, 0.2) is 103 Å². The molecule has 3 aliphatic rings. The number of amides is 3. The SMILES string of the molecule is COc1ccc([Si](C)(C)[C@@H]2[C@@H](CC(=O)N(CCO)Cc3ccccc3)O[C@]3(C(=O)N(Cc4cccc(NC(=O)[C@H]5CCCN5)c4)c4ccccc43)[C@H]2C)cc1. The third-order valence-corrected chi connectivity index (χ3v) is 16.3. The minimum Gasteiger partial charge on any atom is -0.497 e. The van der Waals surface area contributed by atoms with Crippen LogP contribution in [0.1, 0.15) is 42.9 Å². The fourth-order valence-corrected chi connectivity index (χ4v) is 13.2. The van der Waals surface area contributed by atoms with Crippen LogP contribution in [0, 0.1) is 5.92 Å². The molecule has 10 nitrogen and oxygen atoms in total. The Labute approximate surface area is 324 Å². The van der Waals surface area contributed by atoms with Gasteiger partial charge in [0.25, 0.3) is 5.91 Å². The number of aliphatic hydroxyl groups is 1. The lowest BCUT2D eigenvalue weighted by molar-refractivity contribution is -0.150. The van der Waals surface area contributed by atoms with E-state index in [4.69, 9.17) is 9.47 Å². The minimum absolute atomic E-state index is 0.0547. The van der Waals surface area contributed by atoms with Gasteiger partial charge in [-0.1, -0.05) is 98.0 Å². The van der Waals surface area contributed by atoms with Gasteiger partial charge in [-0.15, -0.1) is 0 Å². The number of aliphatic hydroxyl groups excluding tert-OH is 1. The van der Waals surface area contributed by atoms with Crippen LogP contribution in [0.5, 0.6) is 5.75 Å². The highest BCUT2D eigenvalue weighted by atomic mass is 28.3. The fraction of sp³-hybridized carbons (Fsp3) is 0.386. The van der Waals surface area contributed by atoms with E-state index in [0.717, 1.165) is 47.5 Å². The van der Waals surface area contributed by atoms with Crippen molar-refractivity contribution in [1.29, 1.82) is 0 Å². The van der Waals surface area contributed by atoms with Gasteiger partial charge < -0.3 is 35.0 Å². The molecule has 4 aromatic rings. The largest absolute Gasteiger partial charge is 0.497 e. The lowest BCUT2D eigenvalue weighted by Crippen LogP contribution is -2.52. The molecule has 0 radical (unpaired) electrons. The van der Waals surface area contributed by atoms with Crippen molar-refractivity contribution in [1.82, 2.24) is 10.2 Å². The second-order valence-corrected chi connectivity index (χ2v) is 20.3. The van der Waals surface area contributed by atoms with Gasteiger partial charge in [-0.05, 0) is 66.4 Å². The van der Waals surface area contributed by atoms with Gasteiger partial charge in [-0.3, -0.25) is 14.4 Å². The molecule has 3 aliphatic heterocycles. The van der Waals surface area contributed by atoms with Crippen LogP contribution in [-0.4, -0.2) is 74.8 Å². The number of anilines is 2. The highest BCUT2D eigenvalue weighted by Crippen LogP contribution is 2.60. The van der Waals surface area contributed by atoms with E-state index >= 15 is 4.79 Å². The van der Waals surface area contributed by atoms with Gasteiger partial charge in [0.1, 0.15) is 5.75 Å². The molecule has 4 aromatic carbocycles. The van der Waals surface area contributed by atoms with E-state index in [1.54, 1.807) is 12.0 Å². The smallest absolute Gasteiger partial charge is 0.264 e. The standard InChI is InChI=1S/C44H52N4O6Si/c1-30-41(55(3,4)35-21-19-34(53-2)20-22-35)39(27-40(50)47(24-25-49)28-31-12-6-5-7-13-31)54-44(30)36-16-8-9-18-38(36)48(43(44)52)29-32-14-10-15-33(26-32)46-42(51)37-17-11-23-45-37/h5-10,12-16,18-22,26,30,37,39,41,45,49H,11,17,23-25,27-29H2,1-4H3,(H,46,51)/t30-,37+,39+,41-,44+/m0/s1. The molecule has 3 N–H and O–H groups in total. The van der Waals surface area contributed by atoms with Crippen LogP contribution in [0.2, 0.25) is 18.6 Å². The van der Waals surface area contributed by atoms with Crippen LogP contribution in [0.25, 0.3) is 0 Å². The molecule has 0 bridgehead atoms. The van der Waals surface area contributed by atoms with Crippen LogP contribution >= 0.6 is 0 Å². The van der Waals surface area contributed by atoms with E-state index in [-0.39, 0.29) is 61.3 Å². The number of carbonyl (C=O) groups is 3. The Morgan fingerprint density at radius 1 is 1.00 bits per heavy atom. The normalized spacial score (nSPS) is 23.2. The van der Waals surface area contributed by atoms with Gasteiger partial charge in [-0.2, -0.15) is 0 Å². The lowest BCUT2D eigenvalue weighted by Gasteiger charge is -2.37. The molecule has 2 saturated heterocycles. The fourth-order valence-electron chi connectivity index (χ4n) is 9.21. The molecule has 55 heavy (non-hydrogen) atoms. The summed E-state index contributed by atoms with van der Waals surface area (Å²) in [6.07, 6.45) is 1.29. The molecule has 11 heteroatoms. The molecular formula is C44H52N4O6Si. The Hall–Kier alpha value is -4.81. The summed E-state index contributed by atoms with van der Waals surface area (Å²) in [7, 11) is -0.843. The van der Waals surface area contributed by atoms with Crippen LogP contribution in [0.3, 0.4) is 0 Å². The molecule has 1 spiro atoms. The molecule has 0 unspecified atom stereocenters. The lowest BCUT2D eigenvalue weighted by atomic mass is 9.82. The Morgan fingerprint density at radius 2 is 1.73 bits per heavy atom. The maximum atomic E-state index is 15.2. The van der Waals surface area contributed by atoms with E-state index in [9.17, 15) is 14.7 Å². The summed E-state index contributed by atoms with van der Waals surface area (Å²) in [5.74, 6) is 0.154. The number of methoxy groups -OCH3 is 1. The van der Waals surface area contributed by atoms with E-state index < -0.39 is 19.8 Å². The summed E-state index contributed by atoms with van der Waals surface area (Å²) < 4.78 is 12.7. The number of hydrogen-bond acceptors (Lipinski definition) is 7. The van der Waals surface area contributed by atoms with Gasteiger partial charge in [0.05, 0.1) is 52.6 Å². The zero-order valence-electron chi connectivity index (χ0n) is 32.2. The highest BCUT2D eigenvalue weighted by molar-refractivity contribution is 6.91. The summed E-state index contributed by atoms with van der Waals surface area (Å²) in [6.45, 7) is 8.23. The van der Waals surface area contributed by atoms with Gasteiger partial charge in [0.15, 0.2) is 5.60 Å². The first-order chi connectivity index (χ1) is 26.6. The predicted molar refractivity (Wildman–Crippen MR) is 217 cm³/mol. The summed E-state index contributed by atoms with van der Waals surface area (Å²) in [5.41, 5.74) is 2.68. The first-order valence-electron chi connectivity index (χ1n) is 19.4. The van der Waals surface area contributed by atoms with Crippen LogP contribution in [-0.2, 0) is 37.8 Å². The molecule has 2 fully saturated rings. The number of carbonyl (C=O) groups excluding carboxylic acids is 3. The van der Waals surface area contributed by atoms with Crippen LogP contribution in [0.4, 0.5) is 11.4 Å². The molecule has 0 saturated carbocycles. The topological polar surface area (TPSA) is 120 Å². The molecule has 3 amide bonds. The van der Waals surface area contributed by atoms with Gasteiger partial charge in [-0.25, -0.2) is 0 Å². The number of ether oxygens (including phenoxy) is 2. The van der Waals surface area contributed by atoms with Crippen molar-refractivity contribution in [2.75, 3.05) is 37.0 Å². The van der Waals surface area contributed by atoms with Crippen molar-refractivity contribution in [3.63, 3.8) is 0 Å². The summed E-state index contributed by atoms with van der Waals surface area (Å²) in [4.78, 5) is 46.0. The number of fused-ring (bicyclic) bond motifs is 2. The monoisotopic (exact) mass is 760 g/mol. The van der Waals surface area contributed by atoms with Crippen molar-refractivity contribution < 1.29 is 29.0 Å². The maximum absolute atomic E-state index is 15.2. The van der Waals surface area contributed by atoms with Crippen LogP contribution < -0.4 is 25.5 Å². The van der Waals surface area contributed by atoms with E-state index in [1.807, 2.05) is 95.9 Å². The number of para-hydroxylation sites is 1. The van der Waals surface area contributed by atoms with Crippen molar-refractivity contribution in [3.05, 3.63) is 120 Å². The van der Waals surface area contributed by atoms with Gasteiger partial charge in [0, 0.05) is 30.3 Å². The summed E-state index contributed by atoms with van der Waals surface area (Å²) >= 11 is 0. The second kappa shape index (κ2) is 16.1. The Balaban J connectivity index is 1.23. The molecule has 0 aliphatic carbocycles. The predicted octanol–water partition coefficient (Wildman–Crippen LogP) is 5.56. The average molecular weight is 761 g/mol. The number of nitrogens with one attached hydrogen (secondary N) is 2. The highest BCUT2D eigenvalue weighted by Gasteiger charge is 2.66. The quantitative estimate of drug-likeness (QED) is 0.153. The molecule has 0 aromatic heterocycles. The zero-order valence-corrected chi connectivity index (χ0v) is 33.2. The first-order valence-corrected chi connectivity index (χ1v) is 22.4. The van der Waals surface area contributed by atoms with Crippen molar-refractivity contribution in [2.45, 2.75) is 75.7 Å². The molecule has 7 rings (SSSR count). The van der Waals surface area contributed by atoms with Crippen molar-refractivity contribution >= 4 is 42.4 Å². The van der Waals surface area contributed by atoms with Gasteiger partial charge >= 0.3 is 0 Å². The van der Waals surface area contributed by atoms with E-state index in [1.165, 1.54) is 5.19 Å². The zero-order chi connectivity index (χ0) is 38.7. The number of rotatable bonds is 13.